The molecule has 0 aliphatic rings. The van der Waals surface area contributed by atoms with Crippen molar-refractivity contribution in [2.24, 2.45) is 5.41 Å². The number of aromatic nitrogens is 1. The zero-order valence-electron chi connectivity index (χ0n) is 10.3. The monoisotopic (exact) mass is 256 g/mol. The van der Waals surface area contributed by atoms with E-state index in [4.69, 9.17) is 16.3 Å². The molecule has 0 unspecified atom stereocenters. The Balaban J connectivity index is 2.70. The van der Waals surface area contributed by atoms with E-state index in [1.54, 1.807) is 18.3 Å². The van der Waals surface area contributed by atoms with Gasteiger partial charge < -0.3 is 10.1 Å². The van der Waals surface area contributed by atoms with Gasteiger partial charge in [-0.3, -0.25) is 4.79 Å². The average molecular weight is 257 g/mol. The zero-order chi connectivity index (χ0) is 12.9. The van der Waals surface area contributed by atoms with Gasteiger partial charge in [-0.2, -0.15) is 0 Å². The molecular weight excluding hydrogens is 240 g/mol. The summed E-state index contributed by atoms with van der Waals surface area (Å²) >= 11 is 5.79. The van der Waals surface area contributed by atoms with Crippen LogP contribution in [0.1, 0.15) is 24.2 Å². The lowest BCUT2D eigenvalue weighted by Gasteiger charge is -2.21. The van der Waals surface area contributed by atoms with Crippen molar-refractivity contribution in [2.45, 2.75) is 13.8 Å². The number of nitrogens with one attached hydrogen (secondary N) is 1. The maximum atomic E-state index is 11.9. The van der Waals surface area contributed by atoms with E-state index in [1.165, 1.54) is 7.11 Å². The van der Waals surface area contributed by atoms with E-state index >= 15 is 0 Å². The summed E-state index contributed by atoms with van der Waals surface area (Å²) in [7, 11) is 1.49. The first-order chi connectivity index (χ1) is 8.00. The van der Waals surface area contributed by atoms with Crippen molar-refractivity contribution in [3.05, 3.63) is 23.9 Å². The number of rotatable bonds is 5. The van der Waals surface area contributed by atoms with Gasteiger partial charge in [0.15, 0.2) is 0 Å². The van der Waals surface area contributed by atoms with Crippen LogP contribution < -0.4 is 10.1 Å². The van der Waals surface area contributed by atoms with Crippen LogP contribution in [0.3, 0.4) is 0 Å². The van der Waals surface area contributed by atoms with Crippen molar-refractivity contribution < 1.29 is 9.53 Å². The lowest BCUT2D eigenvalue weighted by Crippen LogP contribution is -2.35. The molecule has 0 aliphatic heterocycles. The fourth-order valence-electron chi connectivity index (χ4n) is 1.19. The predicted octanol–water partition coefficient (Wildman–Crippen LogP) is 2.08. The summed E-state index contributed by atoms with van der Waals surface area (Å²) in [4.78, 5) is 15.9. The van der Waals surface area contributed by atoms with Crippen molar-refractivity contribution in [2.75, 3.05) is 19.5 Å². The molecule has 1 rings (SSSR count). The minimum absolute atomic E-state index is 0.132. The van der Waals surface area contributed by atoms with Crippen LogP contribution in [0.4, 0.5) is 0 Å². The molecule has 5 heteroatoms. The fraction of sp³-hybridized carbons (Fsp3) is 0.500. The second-order valence-electron chi connectivity index (χ2n) is 4.54. The topological polar surface area (TPSA) is 51.2 Å². The highest BCUT2D eigenvalue weighted by Crippen LogP contribution is 2.17. The Morgan fingerprint density at radius 3 is 2.88 bits per heavy atom. The van der Waals surface area contributed by atoms with Crippen LogP contribution >= 0.6 is 11.6 Å². The fourth-order valence-corrected chi connectivity index (χ4v) is 1.28. The van der Waals surface area contributed by atoms with Crippen molar-refractivity contribution in [1.29, 1.82) is 0 Å². The Morgan fingerprint density at radius 1 is 1.59 bits per heavy atom. The summed E-state index contributed by atoms with van der Waals surface area (Å²) in [5.74, 6) is 0.610. The Morgan fingerprint density at radius 2 is 2.29 bits per heavy atom. The molecule has 0 aliphatic carbocycles. The number of alkyl halides is 1. The van der Waals surface area contributed by atoms with Crippen molar-refractivity contribution >= 4 is 17.5 Å². The Kier molecular flexibility index (Phi) is 4.75. The minimum Gasteiger partial charge on any atom is -0.480 e. The van der Waals surface area contributed by atoms with E-state index in [1.807, 2.05) is 13.8 Å². The molecule has 1 aromatic heterocycles. The molecule has 0 spiro atoms. The van der Waals surface area contributed by atoms with Crippen LogP contribution in [-0.2, 0) is 0 Å². The van der Waals surface area contributed by atoms with Crippen molar-refractivity contribution in [3.63, 3.8) is 0 Å². The Labute approximate surface area is 106 Å². The summed E-state index contributed by atoms with van der Waals surface area (Å²) in [5.41, 5.74) is 0.299. The summed E-state index contributed by atoms with van der Waals surface area (Å²) in [6, 6.07) is 3.37. The van der Waals surface area contributed by atoms with Gasteiger partial charge in [0.2, 0.25) is 5.88 Å². The number of methoxy groups -OCH3 is 1. The van der Waals surface area contributed by atoms with E-state index in [0.29, 0.717) is 23.9 Å². The zero-order valence-corrected chi connectivity index (χ0v) is 11.0. The molecule has 1 N–H and O–H groups in total. The molecule has 0 fully saturated rings. The van der Waals surface area contributed by atoms with Gasteiger partial charge in [0.1, 0.15) is 5.56 Å². The predicted molar refractivity (Wildman–Crippen MR) is 67.6 cm³/mol. The molecular formula is C12H17ClN2O2. The highest BCUT2D eigenvalue weighted by atomic mass is 35.5. The molecule has 94 valence electrons. The van der Waals surface area contributed by atoms with Crippen LogP contribution in [-0.4, -0.2) is 30.4 Å². The van der Waals surface area contributed by atoms with E-state index in [-0.39, 0.29) is 11.3 Å². The summed E-state index contributed by atoms with van der Waals surface area (Å²) < 4.78 is 5.03. The molecule has 4 nitrogen and oxygen atoms in total. The quantitative estimate of drug-likeness (QED) is 0.821. The third-order valence-electron chi connectivity index (χ3n) is 2.30. The van der Waals surface area contributed by atoms with E-state index in [9.17, 15) is 4.79 Å². The molecule has 0 saturated heterocycles. The molecule has 0 bridgehead atoms. The van der Waals surface area contributed by atoms with E-state index in [2.05, 4.69) is 10.3 Å². The lowest BCUT2D eigenvalue weighted by atomic mass is 9.96. The third kappa shape index (κ3) is 3.89. The number of hydrogen-bond donors (Lipinski definition) is 1. The summed E-state index contributed by atoms with van der Waals surface area (Å²) in [6.07, 6.45) is 1.58. The number of carbonyl (C=O) groups is 1. The largest absolute Gasteiger partial charge is 0.480 e. The van der Waals surface area contributed by atoms with E-state index < -0.39 is 0 Å². The van der Waals surface area contributed by atoms with Crippen LogP contribution in [0.5, 0.6) is 5.88 Å². The Bertz CT molecular complexity index is 394. The van der Waals surface area contributed by atoms with Gasteiger partial charge >= 0.3 is 0 Å². The molecule has 0 atom stereocenters. The van der Waals surface area contributed by atoms with Gasteiger partial charge in [-0.05, 0) is 17.5 Å². The van der Waals surface area contributed by atoms with Gasteiger partial charge in [-0.15, -0.1) is 11.6 Å². The second-order valence-corrected chi connectivity index (χ2v) is 4.81. The smallest absolute Gasteiger partial charge is 0.256 e. The van der Waals surface area contributed by atoms with Crippen LogP contribution in [0.2, 0.25) is 0 Å². The average Bonchev–Trinajstić information content (AvgIpc) is 2.36. The third-order valence-corrected chi connectivity index (χ3v) is 3.02. The normalized spacial score (nSPS) is 11.1. The van der Waals surface area contributed by atoms with Gasteiger partial charge in [0.25, 0.3) is 5.91 Å². The molecule has 0 saturated carbocycles. The molecule has 1 heterocycles. The first-order valence-electron chi connectivity index (χ1n) is 5.33. The lowest BCUT2D eigenvalue weighted by molar-refractivity contribution is 0.0936. The van der Waals surface area contributed by atoms with Gasteiger partial charge in [0, 0.05) is 18.6 Å². The number of pyridine rings is 1. The first-order valence-corrected chi connectivity index (χ1v) is 5.87. The standard InChI is InChI=1S/C12H17ClN2O2/c1-12(2,7-13)8-15-10(16)9-5-4-6-14-11(9)17-3/h4-6H,7-8H2,1-3H3,(H,15,16). The number of hydrogen-bond acceptors (Lipinski definition) is 3. The number of halogens is 1. The maximum absolute atomic E-state index is 11.9. The van der Waals surface area contributed by atoms with Crippen LogP contribution in [0, 0.1) is 5.41 Å². The molecule has 1 amide bonds. The Hall–Kier alpha value is -1.29. The number of ether oxygens (including phenoxy) is 1. The maximum Gasteiger partial charge on any atom is 0.256 e. The van der Waals surface area contributed by atoms with Crippen LogP contribution in [0.15, 0.2) is 18.3 Å². The SMILES string of the molecule is COc1ncccc1C(=O)NCC(C)(C)CCl. The van der Waals surface area contributed by atoms with Gasteiger partial charge in [-0.25, -0.2) is 4.98 Å². The molecule has 0 radical (unpaired) electrons. The number of nitrogens with zero attached hydrogens (tertiary/aromatic N) is 1. The summed E-state index contributed by atoms with van der Waals surface area (Å²) in [6.45, 7) is 4.48. The number of carbonyl (C=O) groups excluding carboxylic acids is 1. The minimum atomic E-state index is -0.201. The van der Waals surface area contributed by atoms with Crippen LogP contribution in [0.25, 0.3) is 0 Å². The molecule has 17 heavy (non-hydrogen) atoms. The van der Waals surface area contributed by atoms with Crippen molar-refractivity contribution in [3.8, 4) is 5.88 Å². The highest BCUT2D eigenvalue weighted by molar-refractivity contribution is 6.18. The first kappa shape index (κ1) is 13.8. The van der Waals surface area contributed by atoms with Gasteiger partial charge in [0.05, 0.1) is 7.11 Å². The molecule has 0 aromatic carbocycles. The van der Waals surface area contributed by atoms with Gasteiger partial charge in [-0.1, -0.05) is 13.8 Å². The molecule has 1 aromatic rings. The summed E-state index contributed by atoms with van der Waals surface area (Å²) in [5, 5.41) is 2.82. The second kappa shape index (κ2) is 5.87. The van der Waals surface area contributed by atoms with Crippen molar-refractivity contribution in [1.82, 2.24) is 10.3 Å². The van der Waals surface area contributed by atoms with E-state index in [0.717, 1.165) is 0 Å². The highest BCUT2D eigenvalue weighted by Gasteiger charge is 2.19. The number of amides is 1.